The third-order valence-electron chi connectivity index (χ3n) is 4.55. The van der Waals surface area contributed by atoms with Crippen molar-refractivity contribution in [3.8, 4) is 17.1 Å². The summed E-state index contributed by atoms with van der Waals surface area (Å²) in [5.41, 5.74) is 3.11. The quantitative estimate of drug-likeness (QED) is 0.605. The van der Waals surface area contributed by atoms with Crippen LogP contribution in [0.4, 0.5) is 5.69 Å². The summed E-state index contributed by atoms with van der Waals surface area (Å²) in [5, 5.41) is 12.1. The van der Waals surface area contributed by atoms with Crippen molar-refractivity contribution in [3.63, 3.8) is 0 Å². The highest BCUT2D eigenvalue weighted by atomic mass is 32.2. The van der Waals surface area contributed by atoms with Gasteiger partial charge in [-0.1, -0.05) is 56.8 Å². The van der Waals surface area contributed by atoms with E-state index in [4.69, 9.17) is 4.74 Å². The monoisotopic (exact) mass is 410 g/mol. The number of hydrogen-bond acceptors (Lipinski definition) is 5. The number of anilines is 1. The fraction of sp³-hybridized carbons (Fsp3) is 0.318. The zero-order valence-electron chi connectivity index (χ0n) is 17.4. The van der Waals surface area contributed by atoms with Crippen molar-refractivity contribution in [2.45, 2.75) is 31.3 Å². The molecule has 0 atom stereocenters. The maximum atomic E-state index is 12.2. The molecule has 3 aromatic rings. The molecule has 0 radical (unpaired) electrons. The lowest BCUT2D eigenvalue weighted by atomic mass is 9.87. The summed E-state index contributed by atoms with van der Waals surface area (Å²) in [5.74, 6) is 1.68. The van der Waals surface area contributed by atoms with Crippen LogP contribution in [0.2, 0.25) is 0 Å². The second kappa shape index (κ2) is 8.69. The van der Waals surface area contributed by atoms with Gasteiger partial charge in [-0.25, -0.2) is 0 Å². The van der Waals surface area contributed by atoms with Crippen LogP contribution in [0.1, 0.15) is 26.3 Å². The van der Waals surface area contributed by atoms with Gasteiger partial charge < -0.3 is 14.6 Å². The number of nitrogens with one attached hydrogen (secondary N) is 1. The van der Waals surface area contributed by atoms with Gasteiger partial charge in [-0.2, -0.15) is 0 Å². The van der Waals surface area contributed by atoms with Gasteiger partial charge in [-0.15, -0.1) is 10.2 Å². The van der Waals surface area contributed by atoms with Gasteiger partial charge >= 0.3 is 0 Å². The SMILES string of the molecule is COc1ccc(NC(=O)CSc2nnc(-c3ccc(C(C)(C)C)cc3)n2C)cc1. The number of ether oxygens (including phenoxy) is 1. The van der Waals surface area contributed by atoms with Crippen molar-refractivity contribution >= 4 is 23.4 Å². The maximum Gasteiger partial charge on any atom is 0.234 e. The van der Waals surface area contributed by atoms with Crippen LogP contribution in [0.5, 0.6) is 5.75 Å². The molecule has 6 nitrogen and oxygen atoms in total. The number of nitrogens with zero attached hydrogens (tertiary/aromatic N) is 3. The van der Waals surface area contributed by atoms with E-state index in [-0.39, 0.29) is 17.1 Å². The Morgan fingerprint density at radius 1 is 1.07 bits per heavy atom. The molecule has 0 aliphatic carbocycles. The molecule has 0 unspecified atom stereocenters. The number of carbonyl (C=O) groups is 1. The molecule has 0 saturated heterocycles. The lowest BCUT2D eigenvalue weighted by molar-refractivity contribution is -0.113. The van der Waals surface area contributed by atoms with Crippen molar-refractivity contribution in [1.29, 1.82) is 0 Å². The molecule has 1 N–H and O–H groups in total. The summed E-state index contributed by atoms with van der Waals surface area (Å²) < 4.78 is 7.03. The molecule has 0 bridgehead atoms. The molecular formula is C22H26N4O2S. The van der Waals surface area contributed by atoms with Crippen molar-refractivity contribution in [2.24, 2.45) is 7.05 Å². The molecule has 1 heterocycles. The number of amides is 1. The molecular weight excluding hydrogens is 384 g/mol. The Bertz CT molecular complexity index is 974. The van der Waals surface area contributed by atoms with Gasteiger partial charge in [0.15, 0.2) is 11.0 Å². The third-order valence-corrected chi connectivity index (χ3v) is 5.57. The van der Waals surface area contributed by atoms with Crippen LogP contribution in [-0.4, -0.2) is 33.5 Å². The smallest absolute Gasteiger partial charge is 0.234 e. The number of rotatable bonds is 6. The Labute approximate surface area is 175 Å². The second-order valence-corrected chi connectivity index (χ2v) is 8.70. The molecule has 29 heavy (non-hydrogen) atoms. The highest BCUT2D eigenvalue weighted by molar-refractivity contribution is 7.99. The van der Waals surface area contributed by atoms with Crippen LogP contribution in [0, 0.1) is 0 Å². The van der Waals surface area contributed by atoms with Crippen LogP contribution >= 0.6 is 11.8 Å². The van der Waals surface area contributed by atoms with Gasteiger partial charge in [-0.05, 0) is 35.2 Å². The first kappa shape index (κ1) is 20.9. The number of hydrogen-bond donors (Lipinski definition) is 1. The van der Waals surface area contributed by atoms with E-state index >= 15 is 0 Å². The minimum absolute atomic E-state index is 0.0979. The molecule has 1 amide bonds. The summed E-state index contributed by atoms with van der Waals surface area (Å²) >= 11 is 1.36. The van der Waals surface area contributed by atoms with Crippen LogP contribution in [0.15, 0.2) is 53.7 Å². The molecule has 2 aromatic carbocycles. The predicted octanol–water partition coefficient (Wildman–Crippen LogP) is 4.52. The minimum Gasteiger partial charge on any atom is -0.497 e. The zero-order chi connectivity index (χ0) is 21.0. The number of methoxy groups -OCH3 is 1. The highest BCUT2D eigenvalue weighted by Gasteiger charge is 2.16. The van der Waals surface area contributed by atoms with E-state index in [2.05, 4.69) is 60.6 Å². The largest absolute Gasteiger partial charge is 0.497 e. The molecule has 152 valence electrons. The normalized spacial score (nSPS) is 11.3. The van der Waals surface area contributed by atoms with Crippen LogP contribution in [0.3, 0.4) is 0 Å². The van der Waals surface area contributed by atoms with Gasteiger partial charge in [0.1, 0.15) is 5.75 Å². The van der Waals surface area contributed by atoms with E-state index in [0.29, 0.717) is 5.16 Å². The van der Waals surface area contributed by atoms with E-state index in [1.807, 2.05) is 35.9 Å². The topological polar surface area (TPSA) is 69.0 Å². The van der Waals surface area contributed by atoms with Gasteiger partial charge in [0.25, 0.3) is 0 Å². The molecule has 1 aromatic heterocycles. The Morgan fingerprint density at radius 3 is 2.31 bits per heavy atom. The molecule has 0 aliphatic rings. The highest BCUT2D eigenvalue weighted by Crippen LogP contribution is 2.27. The number of benzene rings is 2. The van der Waals surface area contributed by atoms with Crippen LogP contribution in [-0.2, 0) is 17.3 Å². The standard InChI is InChI=1S/C22H26N4O2S/c1-22(2,3)16-8-6-15(7-9-16)20-24-25-21(26(20)4)29-14-19(27)23-17-10-12-18(28-5)13-11-17/h6-13H,14H2,1-5H3,(H,23,27). The van der Waals surface area contributed by atoms with E-state index in [9.17, 15) is 4.79 Å². The van der Waals surface area contributed by atoms with Crippen molar-refractivity contribution in [2.75, 3.05) is 18.2 Å². The fourth-order valence-corrected chi connectivity index (χ4v) is 3.52. The first-order valence-electron chi connectivity index (χ1n) is 9.35. The van der Waals surface area contributed by atoms with Gasteiger partial charge in [0.2, 0.25) is 5.91 Å². The third kappa shape index (κ3) is 5.17. The minimum atomic E-state index is -0.0979. The molecule has 3 rings (SSSR count). The Hall–Kier alpha value is -2.80. The average molecular weight is 411 g/mol. The average Bonchev–Trinajstić information content (AvgIpc) is 3.07. The molecule has 7 heteroatoms. The van der Waals surface area contributed by atoms with E-state index in [0.717, 1.165) is 22.8 Å². The van der Waals surface area contributed by atoms with E-state index < -0.39 is 0 Å². The second-order valence-electron chi connectivity index (χ2n) is 7.76. The Balaban J connectivity index is 1.62. The summed E-state index contributed by atoms with van der Waals surface area (Å²) in [4.78, 5) is 12.2. The van der Waals surface area contributed by atoms with Gasteiger partial charge in [0, 0.05) is 18.3 Å². The lowest BCUT2D eigenvalue weighted by Crippen LogP contribution is -2.14. The first-order valence-corrected chi connectivity index (χ1v) is 10.3. The van der Waals surface area contributed by atoms with Gasteiger partial charge in [0.05, 0.1) is 12.9 Å². The van der Waals surface area contributed by atoms with Crippen LogP contribution < -0.4 is 10.1 Å². The Morgan fingerprint density at radius 2 is 1.72 bits per heavy atom. The van der Waals surface area contributed by atoms with Crippen molar-refractivity contribution in [1.82, 2.24) is 14.8 Å². The van der Waals surface area contributed by atoms with Crippen molar-refractivity contribution < 1.29 is 9.53 Å². The molecule has 0 fully saturated rings. The van der Waals surface area contributed by atoms with Crippen LogP contribution in [0.25, 0.3) is 11.4 Å². The number of carbonyl (C=O) groups excluding carboxylic acids is 1. The number of aromatic nitrogens is 3. The number of thioether (sulfide) groups is 1. The lowest BCUT2D eigenvalue weighted by Gasteiger charge is -2.19. The van der Waals surface area contributed by atoms with Crippen molar-refractivity contribution in [3.05, 3.63) is 54.1 Å². The van der Waals surface area contributed by atoms with E-state index in [1.165, 1.54) is 17.3 Å². The summed E-state index contributed by atoms with van der Waals surface area (Å²) in [7, 11) is 3.52. The molecule has 0 saturated carbocycles. The van der Waals surface area contributed by atoms with Gasteiger partial charge in [-0.3, -0.25) is 4.79 Å². The predicted molar refractivity (Wildman–Crippen MR) is 117 cm³/mol. The first-order chi connectivity index (χ1) is 13.8. The van der Waals surface area contributed by atoms with E-state index in [1.54, 1.807) is 7.11 Å². The summed E-state index contributed by atoms with van der Waals surface area (Å²) in [6.45, 7) is 6.57. The molecule has 0 aliphatic heterocycles. The fourth-order valence-electron chi connectivity index (χ4n) is 2.81. The maximum absolute atomic E-state index is 12.2. The summed E-state index contributed by atoms with van der Waals surface area (Å²) in [6, 6.07) is 15.6. The Kier molecular flexibility index (Phi) is 6.27. The summed E-state index contributed by atoms with van der Waals surface area (Å²) in [6.07, 6.45) is 0. The zero-order valence-corrected chi connectivity index (χ0v) is 18.2. The molecule has 0 spiro atoms.